The lowest BCUT2D eigenvalue weighted by Crippen LogP contribution is -2.30. The molecule has 0 saturated heterocycles. The summed E-state index contributed by atoms with van der Waals surface area (Å²) >= 11 is 0. The minimum absolute atomic E-state index is 0.211. The second-order valence-electron chi connectivity index (χ2n) is 8.23. The van der Waals surface area contributed by atoms with Gasteiger partial charge >= 0.3 is 0 Å². The minimum atomic E-state index is -0.426. The smallest absolute Gasteiger partial charge is 0.294 e. The third-order valence-electron chi connectivity index (χ3n) is 5.84. The fraction of sp³-hybridized carbons (Fsp3) is 0.222. The van der Waals surface area contributed by atoms with E-state index in [1.54, 1.807) is 12.0 Å². The fourth-order valence-corrected chi connectivity index (χ4v) is 4.02. The van der Waals surface area contributed by atoms with Gasteiger partial charge in [-0.2, -0.15) is 0 Å². The molecule has 158 valence electrons. The molecule has 4 rings (SSSR count). The Bertz CT molecular complexity index is 1110. The van der Waals surface area contributed by atoms with Gasteiger partial charge in [0.15, 0.2) is 5.76 Å². The Hall–Kier alpha value is -3.53. The van der Waals surface area contributed by atoms with Crippen molar-refractivity contribution >= 4 is 17.2 Å². The summed E-state index contributed by atoms with van der Waals surface area (Å²) in [6.45, 7) is 6.33. The molecule has 0 aromatic heterocycles. The van der Waals surface area contributed by atoms with Crippen LogP contribution in [-0.2, 0) is 4.79 Å². The van der Waals surface area contributed by atoms with E-state index in [1.807, 2.05) is 55.5 Å². The first-order chi connectivity index (χ1) is 14.9. The maximum atomic E-state index is 13.3. The van der Waals surface area contributed by atoms with Crippen LogP contribution in [0.1, 0.15) is 48.1 Å². The predicted molar refractivity (Wildman–Crippen MR) is 124 cm³/mol. The number of hydrogen-bond donors (Lipinski definition) is 1. The quantitative estimate of drug-likeness (QED) is 0.543. The third kappa shape index (κ3) is 3.81. The van der Waals surface area contributed by atoms with Crippen LogP contribution in [0.15, 0.2) is 78.6 Å². The van der Waals surface area contributed by atoms with Crippen molar-refractivity contribution in [2.75, 3.05) is 12.0 Å². The van der Waals surface area contributed by atoms with Crippen LogP contribution in [0.2, 0.25) is 0 Å². The molecule has 0 fully saturated rings. The second-order valence-corrected chi connectivity index (χ2v) is 8.23. The van der Waals surface area contributed by atoms with Gasteiger partial charge in [0.25, 0.3) is 5.91 Å². The number of carbonyl (C=O) groups excluding carboxylic acids is 1. The largest absolute Gasteiger partial charge is 0.503 e. The van der Waals surface area contributed by atoms with Crippen molar-refractivity contribution in [1.29, 1.82) is 0 Å². The number of nitrogens with zero attached hydrogens (tertiary/aromatic N) is 1. The lowest BCUT2D eigenvalue weighted by atomic mass is 9.91. The molecule has 0 unspecified atom stereocenters. The average molecular weight is 414 g/mol. The first-order valence-corrected chi connectivity index (χ1v) is 10.5. The van der Waals surface area contributed by atoms with Gasteiger partial charge in [-0.1, -0.05) is 67.9 Å². The molecule has 0 radical (unpaired) electrons. The van der Waals surface area contributed by atoms with E-state index in [0.29, 0.717) is 22.9 Å². The molecular weight excluding hydrogens is 386 g/mol. The molecule has 1 aliphatic rings. The summed E-state index contributed by atoms with van der Waals surface area (Å²) in [5.41, 5.74) is 5.47. The van der Waals surface area contributed by atoms with E-state index in [4.69, 9.17) is 4.74 Å². The average Bonchev–Trinajstić information content (AvgIpc) is 3.05. The molecule has 1 N–H and O–H groups in total. The molecule has 1 atom stereocenters. The number of aliphatic hydroxyl groups excluding tert-OH is 1. The molecule has 3 aromatic rings. The zero-order valence-electron chi connectivity index (χ0n) is 18.3. The van der Waals surface area contributed by atoms with Gasteiger partial charge in [0, 0.05) is 11.3 Å². The van der Waals surface area contributed by atoms with Crippen LogP contribution in [0.5, 0.6) is 5.75 Å². The van der Waals surface area contributed by atoms with Gasteiger partial charge in [0.05, 0.1) is 13.2 Å². The molecule has 0 spiro atoms. The highest BCUT2D eigenvalue weighted by Crippen LogP contribution is 2.45. The first kappa shape index (κ1) is 20.7. The summed E-state index contributed by atoms with van der Waals surface area (Å²) in [6.07, 6.45) is 0. The first-order valence-electron chi connectivity index (χ1n) is 10.5. The molecule has 4 nitrogen and oxygen atoms in total. The lowest BCUT2D eigenvalue weighted by Gasteiger charge is -2.28. The van der Waals surface area contributed by atoms with Crippen molar-refractivity contribution in [2.45, 2.75) is 32.7 Å². The Morgan fingerprint density at radius 2 is 1.52 bits per heavy atom. The zero-order chi connectivity index (χ0) is 22.1. The topological polar surface area (TPSA) is 49.8 Å². The lowest BCUT2D eigenvalue weighted by molar-refractivity contribution is -0.117. The number of benzene rings is 3. The van der Waals surface area contributed by atoms with E-state index in [0.717, 1.165) is 16.7 Å². The minimum Gasteiger partial charge on any atom is -0.503 e. The van der Waals surface area contributed by atoms with E-state index in [2.05, 4.69) is 38.1 Å². The molecule has 1 amide bonds. The molecule has 3 aromatic carbocycles. The second kappa shape index (κ2) is 8.31. The standard InChI is InChI=1S/C27H27NO3/c1-17(2)19-9-11-21(12-10-19)25-24(20-7-5-18(3)6-8-20)26(29)27(30)28(25)22-13-15-23(31-4)16-14-22/h5-17,25,29H,1-4H3/t25-/m1/s1. The Labute approximate surface area is 183 Å². The highest BCUT2D eigenvalue weighted by molar-refractivity contribution is 6.16. The third-order valence-corrected chi connectivity index (χ3v) is 5.84. The van der Waals surface area contributed by atoms with Crippen LogP contribution in [-0.4, -0.2) is 18.1 Å². The van der Waals surface area contributed by atoms with Gasteiger partial charge in [0.2, 0.25) is 0 Å². The number of ether oxygens (including phenoxy) is 1. The number of anilines is 1. The summed E-state index contributed by atoms with van der Waals surface area (Å²) < 4.78 is 5.27. The monoisotopic (exact) mass is 413 g/mol. The van der Waals surface area contributed by atoms with E-state index in [9.17, 15) is 9.90 Å². The van der Waals surface area contributed by atoms with Crippen molar-refractivity contribution in [2.24, 2.45) is 0 Å². The molecule has 31 heavy (non-hydrogen) atoms. The van der Waals surface area contributed by atoms with Crippen molar-refractivity contribution in [3.05, 3.63) is 101 Å². The molecular formula is C27H27NO3. The van der Waals surface area contributed by atoms with Crippen LogP contribution in [0, 0.1) is 6.92 Å². The number of carbonyl (C=O) groups is 1. The number of methoxy groups -OCH3 is 1. The summed E-state index contributed by atoms with van der Waals surface area (Å²) in [5, 5.41) is 11.0. The molecule has 1 heterocycles. The number of hydrogen-bond acceptors (Lipinski definition) is 3. The summed E-state index contributed by atoms with van der Waals surface area (Å²) in [5.74, 6) is 0.512. The van der Waals surface area contributed by atoms with Crippen molar-refractivity contribution in [3.8, 4) is 5.75 Å². The van der Waals surface area contributed by atoms with E-state index >= 15 is 0 Å². The van der Waals surface area contributed by atoms with Gasteiger partial charge in [-0.15, -0.1) is 0 Å². The number of rotatable bonds is 5. The van der Waals surface area contributed by atoms with E-state index < -0.39 is 11.9 Å². The van der Waals surface area contributed by atoms with Gasteiger partial charge < -0.3 is 9.84 Å². The molecule has 0 saturated carbocycles. The van der Waals surface area contributed by atoms with Gasteiger partial charge in [0.1, 0.15) is 5.75 Å². The summed E-state index contributed by atoms with van der Waals surface area (Å²) in [7, 11) is 1.61. The maximum absolute atomic E-state index is 13.3. The van der Waals surface area contributed by atoms with E-state index in [1.165, 1.54) is 5.56 Å². The fourth-order valence-electron chi connectivity index (χ4n) is 4.02. The van der Waals surface area contributed by atoms with Crippen LogP contribution < -0.4 is 9.64 Å². The van der Waals surface area contributed by atoms with E-state index in [-0.39, 0.29) is 5.76 Å². The van der Waals surface area contributed by atoms with Crippen LogP contribution >= 0.6 is 0 Å². The Balaban J connectivity index is 1.86. The zero-order valence-corrected chi connectivity index (χ0v) is 18.3. The van der Waals surface area contributed by atoms with Crippen LogP contribution in [0.25, 0.3) is 5.57 Å². The van der Waals surface area contributed by atoms with Crippen molar-refractivity contribution < 1.29 is 14.6 Å². The Morgan fingerprint density at radius 3 is 2.06 bits per heavy atom. The molecule has 1 aliphatic heterocycles. The van der Waals surface area contributed by atoms with Crippen molar-refractivity contribution in [1.82, 2.24) is 0 Å². The number of aryl methyl sites for hydroxylation is 1. The summed E-state index contributed by atoms with van der Waals surface area (Å²) in [4.78, 5) is 14.9. The SMILES string of the molecule is COc1ccc(N2C(=O)C(O)=C(c3ccc(C)cc3)[C@H]2c2ccc(C(C)C)cc2)cc1. The number of aliphatic hydroxyl groups is 1. The van der Waals surface area contributed by atoms with Crippen molar-refractivity contribution in [3.63, 3.8) is 0 Å². The summed E-state index contributed by atoms with van der Waals surface area (Å²) in [6, 6.07) is 23.1. The molecule has 0 aliphatic carbocycles. The number of amides is 1. The Kier molecular flexibility index (Phi) is 5.55. The van der Waals surface area contributed by atoms with Crippen LogP contribution in [0.3, 0.4) is 0 Å². The molecule has 4 heteroatoms. The van der Waals surface area contributed by atoms with Crippen LogP contribution in [0.4, 0.5) is 5.69 Å². The normalized spacial score (nSPS) is 16.4. The molecule has 0 bridgehead atoms. The Morgan fingerprint density at radius 1 is 0.903 bits per heavy atom. The highest BCUT2D eigenvalue weighted by Gasteiger charge is 2.42. The maximum Gasteiger partial charge on any atom is 0.294 e. The van der Waals surface area contributed by atoms with Gasteiger partial charge in [-0.3, -0.25) is 9.69 Å². The highest BCUT2D eigenvalue weighted by atomic mass is 16.5. The predicted octanol–water partition coefficient (Wildman–Crippen LogP) is 6.18. The van der Waals surface area contributed by atoms with Gasteiger partial charge in [-0.05, 0) is 53.8 Å². The van der Waals surface area contributed by atoms with Gasteiger partial charge in [-0.25, -0.2) is 0 Å².